The molecule has 0 heterocycles. The zero-order valence-corrected chi connectivity index (χ0v) is 27.8. The van der Waals surface area contributed by atoms with Gasteiger partial charge in [0.2, 0.25) is 0 Å². The lowest BCUT2D eigenvalue weighted by Crippen LogP contribution is -2.27. The highest BCUT2D eigenvalue weighted by atomic mass is 16.6. The molecule has 0 saturated heterocycles. The molecule has 0 unspecified atom stereocenters. The molecule has 11 nitrogen and oxygen atoms in total. The number of aliphatic hydroxyl groups excluding tert-OH is 1. The van der Waals surface area contributed by atoms with Gasteiger partial charge in [-0.3, -0.25) is 19.2 Å². The van der Waals surface area contributed by atoms with Gasteiger partial charge in [-0.05, 0) is 74.1 Å². The van der Waals surface area contributed by atoms with E-state index in [0.29, 0.717) is 18.4 Å². The molecule has 0 aliphatic rings. The van der Waals surface area contributed by atoms with Crippen LogP contribution < -0.4 is 0 Å². The second kappa shape index (κ2) is 22.6. The number of esters is 5. The molecule has 0 atom stereocenters. The Kier molecular flexibility index (Phi) is 23.4. The molecule has 0 spiro atoms. The number of carbonyl (C=O) groups is 5. The number of rotatable bonds is 16. The van der Waals surface area contributed by atoms with E-state index < -0.39 is 22.8 Å². The van der Waals surface area contributed by atoms with E-state index >= 15 is 0 Å². The monoisotopic (exact) mass is 604 g/mol. The van der Waals surface area contributed by atoms with Crippen LogP contribution in [0.5, 0.6) is 0 Å². The van der Waals surface area contributed by atoms with Crippen LogP contribution in [0.3, 0.4) is 0 Å². The second-order valence-corrected chi connectivity index (χ2v) is 11.4. The van der Waals surface area contributed by atoms with Gasteiger partial charge in [-0.25, -0.2) is 4.79 Å². The first-order chi connectivity index (χ1) is 19.3. The fourth-order valence-corrected chi connectivity index (χ4v) is 2.10. The Hall–Kier alpha value is -2.95. The summed E-state index contributed by atoms with van der Waals surface area (Å²) in [5, 5.41) is 8.38. The molecule has 0 fully saturated rings. The minimum Gasteiger partial charge on any atom is -0.469 e. The van der Waals surface area contributed by atoms with Crippen molar-refractivity contribution in [3.8, 4) is 0 Å². The molecule has 0 saturated carbocycles. The van der Waals surface area contributed by atoms with Crippen LogP contribution in [0.25, 0.3) is 0 Å². The Balaban J connectivity index is -0.000000630. The third kappa shape index (κ3) is 20.9. The topological polar surface area (TPSA) is 152 Å². The zero-order valence-electron chi connectivity index (χ0n) is 27.8. The van der Waals surface area contributed by atoms with Crippen LogP contribution in [0.15, 0.2) is 12.2 Å². The summed E-state index contributed by atoms with van der Waals surface area (Å²) in [5.74, 6) is -1.58. The Morgan fingerprint density at radius 3 is 1.40 bits per heavy atom. The highest BCUT2D eigenvalue weighted by molar-refractivity contribution is 5.86. The number of carbonyl (C=O) groups excluding carboxylic acids is 5. The molecule has 0 aliphatic carbocycles. The number of methoxy groups -OCH3 is 1. The van der Waals surface area contributed by atoms with Crippen molar-refractivity contribution in [3.05, 3.63) is 12.2 Å². The molecule has 0 aromatic carbocycles. The molecule has 0 radical (unpaired) electrons. The van der Waals surface area contributed by atoms with Gasteiger partial charge in [-0.2, -0.15) is 0 Å². The van der Waals surface area contributed by atoms with Crippen molar-refractivity contribution in [2.75, 3.05) is 40.1 Å². The largest absolute Gasteiger partial charge is 0.469 e. The van der Waals surface area contributed by atoms with Crippen LogP contribution in [-0.2, 0) is 47.7 Å². The first kappa shape index (κ1) is 43.5. The van der Waals surface area contributed by atoms with Crippen molar-refractivity contribution in [3.63, 3.8) is 0 Å². The summed E-state index contributed by atoms with van der Waals surface area (Å²) in [5.41, 5.74) is -0.944. The Bertz CT molecular complexity index is 842. The van der Waals surface area contributed by atoms with Gasteiger partial charge >= 0.3 is 29.8 Å². The van der Waals surface area contributed by atoms with Crippen molar-refractivity contribution in [1.82, 2.24) is 0 Å². The molecule has 11 heteroatoms. The standard InChI is InChI=1S/C16H26O6.C8H16O3.C7H14O2/c1-6-16(4,5)15(19)22-11-10-20-13(17)8-7-9-21-14(18)12(2)3;1-4-8(2,3)7(10)11-6-5-9;1-5-7(2,3)6(8)9-4/h2,6-11H2,1,3-5H3;9H,4-6H2,1-3H3;5H2,1-4H3. The summed E-state index contributed by atoms with van der Waals surface area (Å²) < 4.78 is 24.1. The molecular formula is C31H56O11. The number of ether oxygens (including phenoxy) is 5. The molecule has 0 aliphatic heterocycles. The van der Waals surface area contributed by atoms with Gasteiger partial charge in [0.05, 0.1) is 36.6 Å². The van der Waals surface area contributed by atoms with Crippen LogP contribution >= 0.6 is 0 Å². The van der Waals surface area contributed by atoms with Crippen molar-refractivity contribution in [1.29, 1.82) is 0 Å². The fourth-order valence-electron chi connectivity index (χ4n) is 2.10. The smallest absolute Gasteiger partial charge is 0.333 e. The lowest BCUT2D eigenvalue weighted by Gasteiger charge is -2.20. The maximum atomic E-state index is 11.7. The highest BCUT2D eigenvalue weighted by Gasteiger charge is 2.28. The first-order valence-corrected chi connectivity index (χ1v) is 14.3. The lowest BCUT2D eigenvalue weighted by molar-refractivity contribution is -0.159. The normalized spacial score (nSPS) is 11.0. The minimum atomic E-state index is -0.531. The third-order valence-electron chi connectivity index (χ3n) is 6.51. The SMILES string of the molecule is C=C(C)C(=O)OCCCC(=O)OCCOC(=O)C(C)(C)CC.CCC(C)(C)C(=O)OC.CCC(C)(C)C(=O)OCCO. The fraction of sp³-hybridized carbons (Fsp3) is 0.774. The van der Waals surface area contributed by atoms with Crippen molar-refractivity contribution in [2.24, 2.45) is 16.2 Å². The Morgan fingerprint density at radius 1 is 0.643 bits per heavy atom. The molecule has 0 rings (SSSR count). The third-order valence-corrected chi connectivity index (χ3v) is 6.51. The van der Waals surface area contributed by atoms with Gasteiger partial charge in [0.15, 0.2) is 0 Å². The van der Waals surface area contributed by atoms with E-state index in [-0.39, 0.29) is 62.8 Å². The van der Waals surface area contributed by atoms with E-state index in [2.05, 4.69) is 11.3 Å². The van der Waals surface area contributed by atoms with E-state index in [1.54, 1.807) is 20.8 Å². The molecule has 0 aromatic heterocycles. The minimum absolute atomic E-state index is 0.0237. The molecular weight excluding hydrogens is 548 g/mol. The zero-order chi connectivity index (χ0) is 33.6. The lowest BCUT2D eigenvalue weighted by atomic mass is 9.91. The van der Waals surface area contributed by atoms with Crippen LogP contribution in [0.4, 0.5) is 0 Å². The molecule has 0 bridgehead atoms. The maximum Gasteiger partial charge on any atom is 0.333 e. The summed E-state index contributed by atoms with van der Waals surface area (Å²) in [4.78, 5) is 56.1. The van der Waals surface area contributed by atoms with Gasteiger partial charge in [0.25, 0.3) is 0 Å². The van der Waals surface area contributed by atoms with Crippen molar-refractivity contribution >= 4 is 29.8 Å². The van der Waals surface area contributed by atoms with Crippen LogP contribution in [-0.4, -0.2) is 75.1 Å². The average molecular weight is 605 g/mol. The Labute approximate surface area is 252 Å². The van der Waals surface area contributed by atoms with Crippen molar-refractivity contribution < 1.29 is 52.8 Å². The number of hydrogen-bond donors (Lipinski definition) is 1. The van der Waals surface area contributed by atoms with Gasteiger partial charge in [-0.1, -0.05) is 27.4 Å². The van der Waals surface area contributed by atoms with Gasteiger partial charge in [0.1, 0.15) is 19.8 Å². The summed E-state index contributed by atoms with van der Waals surface area (Å²) in [7, 11) is 1.42. The predicted molar refractivity (Wildman–Crippen MR) is 159 cm³/mol. The Morgan fingerprint density at radius 2 is 1.05 bits per heavy atom. The number of aliphatic hydroxyl groups is 1. The molecule has 1 N–H and O–H groups in total. The van der Waals surface area contributed by atoms with E-state index in [1.807, 2.05) is 48.5 Å². The summed E-state index contributed by atoms with van der Waals surface area (Å²) >= 11 is 0. The van der Waals surface area contributed by atoms with Crippen molar-refractivity contribution in [2.45, 2.75) is 101 Å². The predicted octanol–water partition coefficient (Wildman–Crippen LogP) is 4.96. The summed E-state index contributed by atoms with van der Waals surface area (Å²) in [6.07, 6.45) is 2.75. The molecule has 42 heavy (non-hydrogen) atoms. The molecule has 0 amide bonds. The average Bonchev–Trinajstić information content (AvgIpc) is 2.95. The van der Waals surface area contributed by atoms with Crippen LogP contribution in [0, 0.1) is 16.2 Å². The summed E-state index contributed by atoms with van der Waals surface area (Å²) in [6, 6.07) is 0. The van der Waals surface area contributed by atoms with Crippen LogP contribution in [0.2, 0.25) is 0 Å². The van der Waals surface area contributed by atoms with Gasteiger partial charge in [0, 0.05) is 12.0 Å². The number of hydrogen-bond acceptors (Lipinski definition) is 11. The van der Waals surface area contributed by atoms with Crippen LogP contribution in [0.1, 0.15) is 101 Å². The molecule has 246 valence electrons. The highest BCUT2D eigenvalue weighted by Crippen LogP contribution is 2.22. The van der Waals surface area contributed by atoms with E-state index in [1.165, 1.54) is 7.11 Å². The quantitative estimate of drug-likeness (QED) is 0.110. The van der Waals surface area contributed by atoms with Gasteiger partial charge in [-0.15, -0.1) is 0 Å². The second-order valence-electron chi connectivity index (χ2n) is 11.4. The van der Waals surface area contributed by atoms with E-state index in [9.17, 15) is 24.0 Å². The van der Waals surface area contributed by atoms with Gasteiger partial charge < -0.3 is 28.8 Å². The van der Waals surface area contributed by atoms with E-state index in [4.69, 9.17) is 24.1 Å². The first-order valence-electron chi connectivity index (χ1n) is 14.3. The maximum absolute atomic E-state index is 11.7. The summed E-state index contributed by atoms with van der Waals surface area (Å²) in [6.45, 7) is 22.0. The van der Waals surface area contributed by atoms with E-state index in [0.717, 1.165) is 12.8 Å². The molecule has 0 aromatic rings.